The number of hydrogen-bond donors (Lipinski definition) is 2. The van der Waals surface area contributed by atoms with Crippen molar-refractivity contribution in [3.05, 3.63) is 100 Å². The number of amides is 2. The zero-order valence-corrected chi connectivity index (χ0v) is 23.0. The Labute approximate surface area is 231 Å². The maximum atomic E-state index is 12.5. The van der Waals surface area contributed by atoms with Crippen molar-refractivity contribution in [1.82, 2.24) is 10.2 Å². The third kappa shape index (κ3) is 8.17. The molecule has 1 heterocycles. The number of anilines is 1. The van der Waals surface area contributed by atoms with Crippen LogP contribution >= 0.6 is 11.6 Å². The van der Waals surface area contributed by atoms with Gasteiger partial charge in [0.05, 0.1) is 0 Å². The molecule has 0 saturated carbocycles. The van der Waals surface area contributed by atoms with E-state index in [-0.39, 0.29) is 11.8 Å². The fourth-order valence-electron chi connectivity index (χ4n) is 5.01. The van der Waals surface area contributed by atoms with Crippen LogP contribution < -0.4 is 10.6 Å². The molecular weight excluding hydrogens is 494 g/mol. The van der Waals surface area contributed by atoms with Crippen molar-refractivity contribution < 1.29 is 9.59 Å². The van der Waals surface area contributed by atoms with E-state index in [9.17, 15) is 9.59 Å². The van der Waals surface area contributed by atoms with Crippen LogP contribution in [0.15, 0.2) is 72.8 Å². The molecule has 0 unspecified atom stereocenters. The number of hydrogen-bond acceptors (Lipinski definition) is 3. The third-order valence-corrected chi connectivity index (χ3v) is 7.53. The Balaban J connectivity index is 1.11. The van der Waals surface area contributed by atoms with E-state index < -0.39 is 0 Å². The van der Waals surface area contributed by atoms with Crippen LogP contribution in [-0.4, -0.2) is 42.9 Å². The molecule has 3 aromatic rings. The molecule has 0 aromatic heterocycles. The van der Waals surface area contributed by atoms with Gasteiger partial charge in [-0.25, -0.2) is 0 Å². The van der Waals surface area contributed by atoms with Crippen molar-refractivity contribution in [3.63, 3.8) is 0 Å². The van der Waals surface area contributed by atoms with E-state index in [0.717, 1.165) is 38.9 Å². The molecule has 4 rings (SSSR count). The van der Waals surface area contributed by atoms with Gasteiger partial charge in [-0.1, -0.05) is 49.2 Å². The lowest BCUT2D eigenvalue weighted by atomic mass is 9.88. The van der Waals surface area contributed by atoms with E-state index in [2.05, 4.69) is 46.7 Å². The lowest BCUT2D eigenvalue weighted by molar-refractivity contribution is 0.0951. The van der Waals surface area contributed by atoms with Crippen LogP contribution in [0.5, 0.6) is 0 Å². The molecule has 2 N–H and O–H groups in total. The van der Waals surface area contributed by atoms with Gasteiger partial charge in [-0.15, -0.1) is 0 Å². The number of aryl methyl sites for hydroxylation is 1. The van der Waals surface area contributed by atoms with E-state index in [0.29, 0.717) is 34.3 Å². The number of piperidine rings is 1. The van der Waals surface area contributed by atoms with Crippen LogP contribution in [0.25, 0.3) is 0 Å². The number of carbonyl (C=O) groups is 2. The molecule has 200 valence electrons. The predicted molar refractivity (Wildman–Crippen MR) is 156 cm³/mol. The zero-order chi connectivity index (χ0) is 26.7. The van der Waals surface area contributed by atoms with Crippen LogP contribution in [0.3, 0.4) is 0 Å². The lowest BCUT2D eigenvalue weighted by Crippen LogP contribution is -2.34. The minimum absolute atomic E-state index is 0.0913. The van der Waals surface area contributed by atoms with Gasteiger partial charge < -0.3 is 15.5 Å². The SMILES string of the molecule is CCCc1ccc(C2CCN(CCCCNC(=O)c3ccc(NC(=O)c4ccc(Cl)cc4)cc3)CC2)cc1. The largest absolute Gasteiger partial charge is 0.352 e. The Morgan fingerprint density at radius 1 is 0.842 bits per heavy atom. The number of rotatable bonds is 11. The highest BCUT2D eigenvalue weighted by Crippen LogP contribution is 2.28. The molecule has 0 aliphatic carbocycles. The van der Waals surface area contributed by atoms with Crippen molar-refractivity contribution in [2.75, 3.05) is 31.5 Å². The van der Waals surface area contributed by atoms with Crippen molar-refractivity contribution in [3.8, 4) is 0 Å². The first kappa shape index (κ1) is 27.9. The Morgan fingerprint density at radius 2 is 1.47 bits per heavy atom. The van der Waals surface area contributed by atoms with Crippen LogP contribution in [0.4, 0.5) is 5.69 Å². The van der Waals surface area contributed by atoms with Crippen LogP contribution in [0, 0.1) is 0 Å². The summed E-state index contributed by atoms with van der Waals surface area (Å²) in [4.78, 5) is 27.4. The first-order valence-electron chi connectivity index (χ1n) is 13.8. The number of nitrogens with zero attached hydrogens (tertiary/aromatic N) is 1. The van der Waals surface area contributed by atoms with Gasteiger partial charge in [-0.2, -0.15) is 0 Å². The molecule has 0 spiro atoms. The van der Waals surface area contributed by atoms with Crippen molar-refractivity contribution in [2.45, 2.75) is 51.4 Å². The first-order valence-corrected chi connectivity index (χ1v) is 14.2. The predicted octanol–water partition coefficient (Wildman–Crippen LogP) is 6.93. The fourth-order valence-corrected chi connectivity index (χ4v) is 5.13. The first-order chi connectivity index (χ1) is 18.5. The summed E-state index contributed by atoms with van der Waals surface area (Å²) in [6.45, 7) is 6.27. The van der Waals surface area contributed by atoms with Crippen molar-refractivity contribution >= 4 is 29.1 Å². The average molecular weight is 532 g/mol. The summed E-state index contributed by atoms with van der Waals surface area (Å²) in [5.74, 6) is 0.369. The van der Waals surface area contributed by atoms with Gasteiger partial charge in [0.2, 0.25) is 0 Å². The monoisotopic (exact) mass is 531 g/mol. The molecular formula is C32H38ClN3O2. The highest BCUT2D eigenvalue weighted by Gasteiger charge is 2.20. The molecule has 0 radical (unpaired) electrons. The molecule has 6 heteroatoms. The highest BCUT2D eigenvalue weighted by atomic mass is 35.5. The highest BCUT2D eigenvalue weighted by molar-refractivity contribution is 6.30. The second-order valence-corrected chi connectivity index (χ2v) is 10.5. The van der Waals surface area contributed by atoms with E-state index in [1.807, 2.05) is 0 Å². The Kier molecular flexibility index (Phi) is 10.4. The standard InChI is InChI=1S/C32H38ClN3O2/c1-2-5-24-6-8-25(9-7-24)26-18-22-36(23-19-26)21-4-3-20-34-31(37)27-12-16-30(17-13-27)35-32(38)28-10-14-29(33)15-11-28/h6-17,26H,2-5,18-23H2,1H3,(H,34,37)(H,35,38). The molecule has 1 fully saturated rings. The third-order valence-electron chi connectivity index (χ3n) is 7.28. The maximum Gasteiger partial charge on any atom is 0.255 e. The molecule has 3 aromatic carbocycles. The van der Waals surface area contributed by atoms with Gasteiger partial charge >= 0.3 is 0 Å². The summed E-state index contributed by atoms with van der Waals surface area (Å²) < 4.78 is 0. The van der Waals surface area contributed by atoms with E-state index >= 15 is 0 Å². The minimum atomic E-state index is -0.218. The number of unbranched alkanes of at least 4 members (excludes halogenated alkanes) is 1. The van der Waals surface area contributed by atoms with Gasteiger partial charge in [-0.3, -0.25) is 9.59 Å². The molecule has 1 saturated heterocycles. The lowest BCUT2D eigenvalue weighted by Gasteiger charge is -2.32. The maximum absolute atomic E-state index is 12.5. The Hall–Kier alpha value is -3.15. The van der Waals surface area contributed by atoms with E-state index in [1.165, 1.54) is 30.4 Å². The van der Waals surface area contributed by atoms with Crippen molar-refractivity contribution in [1.29, 1.82) is 0 Å². The normalized spacial score (nSPS) is 14.3. The van der Waals surface area contributed by atoms with Crippen LogP contribution in [0.2, 0.25) is 5.02 Å². The zero-order valence-electron chi connectivity index (χ0n) is 22.2. The molecule has 1 aliphatic heterocycles. The van der Waals surface area contributed by atoms with Gasteiger partial charge in [0.25, 0.3) is 11.8 Å². The topological polar surface area (TPSA) is 61.4 Å². The van der Waals surface area contributed by atoms with Crippen LogP contribution in [0.1, 0.15) is 76.8 Å². The smallest absolute Gasteiger partial charge is 0.255 e. The van der Waals surface area contributed by atoms with E-state index in [1.54, 1.807) is 48.5 Å². The summed E-state index contributed by atoms with van der Waals surface area (Å²) in [6, 6.07) is 22.9. The number of carbonyl (C=O) groups excluding carboxylic acids is 2. The second-order valence-electron chi connectivity index (χ2n) is 10.1. The van der Waals surface area contributed by atoms with Crippen LogP contribution in [-0.2, 0) is 6.42 Å². The van der Waals surface area contributed by atoms with Crippen molar-refractivity contribution in [2.24, 2.45) is 0 Å². The number of benzene rings is 3. The Bertz CT molecular complexity index is 1170. The quantitative estimate of drug-likeness (QED) is 0.264. The second kappa shape index (κ2) is 14.1. The molecule has 5 nitrogen and oxygen atoms in total. The Morgan fingerprint density at radius 3 is 2.13 bits per heavy atom. The molecule has 0 bridgehead atoms. The van der Waals surface area contributed by atoms with Gasteiger partial charge in [0.15, 0.2) is 0 Å². The number of nitrogens with one attached hydrogen (secondary N) is 2. The summed E-state index contributed by atoms with van der Waals surface area (Å²) in [5, 5.41) is 6.43. The van der Waals surface area contributed by atoms with Gasteiger partial charge in [0, 0.05) is 28.4 Å². The van der Waals surface area contributed by atoms with Gasteiger partial charge in [-0.05, 0) is 117 Å². The van der Waals surface area contributed by atoms with Gasteiger partial charge in [0.1, 0.15) is 0 Å². The minimum Gasteiger partial charge on any atom is -0.352 e. The molecule has 1 aliphatic rings. The number of likely N-dealkylation sites (tertiary alicyclic amines) is 1. The molecule has 38 heavy (non-hydrogen) atoms. The summed E-state index contributed by atoms with van der Waals surface area (Å²) in [5.41, 5.74) is 4.68. The summed E-state index contributed by atoms with van der Waals surface area (Å²) in [7, 11) is 0. The number of halogens is 1. The fraction of sp³-hybridized carbons (Fsp3) is 0.375. The molecule has 0 atom stereocenters. The molecule has 2 amide bonds. The summed E-state index contributed by atoms with van der Waals surface area (Å²) in [6.07, 6.45) is 6.84. The average Bonchev–Trinajstić information content (AvgIpc) is 2.94. The summed E-state index contributed by atoms with van der Waals surface area (Å²) >= 11 is 5.88. The van der Waals surface area contributed by atoms with E-state index in [4.69, 9.17) is 11.6 Å².